The molecule has 0 amide bonds. The van der Waals surface area contributed by atoms with Gasteiger partial charge in [0.25, 0.3) is 0 Å². The van der Waals surface area contributed by atoms with Crippen LogP contribution in [0.5, 0.6) is 0 Å². The quantitative estimate of drug-likeness (QED) is 0.136. The number of anilines is 2. The lowest BCUT2D eigenvalue weighted by molar-refractivity contribution is -0.0668. The highest BCUT2D eigenvalue weighted by atomic mass is 127. The normalized spacial score (nSPS) is 39.2. The number of alkyl halides is 1. The molecule has 4 N–H and O–H groups in total. The van der Waals surface area contributed by atoms with E-state index in [1.807, 2.05) is 0 Å². The van der Waals surface area contributed by atoms with Crippen LogP contribution in [0, 0.1) is 46.8 Å². The molecule has 0 saturated heterocycles. The molecule has 4 aliphatic carbocycles. The number of benzene rings is 1. The highest BCUT2D eigenvalue weighted by Crippen LogP contribution is 2.68. The van der Waals surface area contributed by atoms with Gasteiger partial charge in [0.15, 0.2) is 0 Å². The highest BCUT2D eigenvalue weighted by molar-refractivity contribution is 14.1. The largest absolute Gasteiger partial charge is 0.459 e. The van der Waals surface area contributed by atoms with Crippen molar-refractivity contribution in [2.75, 3.05) is 11.5 Å². The van der Waals surface area contributed by atoms with Crippen molar-refractivity contribution in [2.45, 2.75) is 114 Å². The molecule has 0 radical (unpaired) electrons. The van der Waals surface area contributed by atoms with Crippen molar-refractivity contribution >= 4 is 39.9 Å². The Balaban J connectivity index is 1.22. The third-order valence-corrected chi connectivity index (χ3v) is 13.9. The predicted octanol–water partition coefficient (Wildman–Crippen LogP) is 8.67. The van der Waals surface area contributed by atoms with E-state index in [0.717, 1.165) is 48.3 Å². The van der Waals surface area contributed by atoms with Crippen molar-refractivity contribution in [3.8, 4) is 0 Å². The van der Waals surface area contributed by atoms with Crippen LogP contribution < -0.4 is 11.5 Å². The van der Waals surface area contributed by atoms with Crippen molar-refractivity contribution in [3.63, 3.8) is 0 Å². The number of hydrogen-bond donors (Lipinski definition) is 2. The Bertz CT molecular complexity index is 992. The van der Waals surface area contributed by atoms with Crippen molar-refractivity contribution in [3.05, 3.63) is 23.8 Å². The summed E-state index contributed by atoms with van der Waals surface area (Å²) >= 11 is 2.89. The zero-order valence-electron chi connectivity index (χ0n) is 24.2. The number of rotatable bonds is 7. The fraction of sp³-hybridized carbons (Fsp3) is 0.788. The van der Waals surface area contributed by atoms with Gasteiger partial charge >= 0.3 is 5.97 Å². The predicted molar refractivity (Wildman–Crippen MR) is 166 cm³/mol. The number of hydrogen-bond acceptors (Lipinski definition) is 4. The van der Waals surface area contributed by atoms with Gasteiger partial charge in [-0.1, -0.05) is 69.5 Å². The molecule has 0 bridgehead atoms. The van der Waals surface area contributed by atoms with Crippen LogP contribution in [0.25, 0.3) is 0 Å². The summed E-state index contributed by atoms with van der Waals surface area (Å²) in [5.74, 6) is 5.62. The van der Waals surface area contributed by atoms with Crippen molar-refractivity contribution < 1.29 is 9.53 Å². The molecule has 5 heteroatoms. The van der Waals surface area contributed by atoms with Crippen LogP contribution in [0.15, 0.2) is 18.2 Å². The van der Waals surface area contributed by atoms with Gasteiger partial charge in [-0.25, -0.2) is 4.79 Å². The first-order chi connectivity index (χ1) is 18.0. The van der Waals surface area contributed by atoms with Crippen LogP contribution in [0.1, 0.15) is 115 Å². The molecule has 38 heavy (non-hydrogen) atoms. The first-order valence-corrected chi connectivity index (χ1v) is 16.6. The zero-order valence-corrected chi connectivity index (χ0v) is 26.3. The molecule has 0 aliphatic heterocycles. The lowest BCUT2D eigenvalue weighted by Gasteiger charge is -2.60. The van der Waals surface area contributed by atoms with Crippen molar-refractivity contribution in [1.29, 1.82) is 0 Å². The number of fused-ring (bicyclic) bond motifs is 5. The second kappa shape index (κ2) is 11.1. The second-order valence-electron chi connectivity index (χ2n) is 14.3. The standard InChI is InChI=1S/C33H51IN2O2/c1-20(2)6-5-7-21(3)28-10-11-29-27-9-8-23-18-26(38-31(37)22-16-24(35)19-25(36)17-22)12-15-33(23,34)30(27)13-14-32(28,29)4/h16-17,19-21,23,26-30H,5-15,18,35-36H2,1-4H3. The Morgan fingerprint density at radius 2 is 1.71 bits per heavy atom. The summed E-state index contributed by atoms with van der Waals surface area (Å²) in [6.45, 7) is 9.99. The van der Waals surface area contributed by atoms with Crippen LogP contribution >= 0.6 is 22.6 Å². The van der Waals surface area contributed by atoms with E-state index in [1.54, 1.807) is 18.2 Å². The van der Waals surface area contributed by atoms with Crippen LogP contribution in [-0.4, -0.2) is 15.5 Å². The Kier molecular flexibility index (Phi) is 8.36. The van der Waals surface area contributed by atoms with Gasteiger partial charge < -0.3 is 16.2 Å². The summed E-state index contributed by atoms with van der Waals surface area (Å²) in [7, 11) is 0. The molecule has 1 aromatic rings. The molecule has 9 unspecified atom stereocenters. The fourth-order valence-electron chi connectivity index (χ4n) is 9.89. The zero-order chi connectivity index (χ0) is 27.2. The van der Waals surface area contributed by atoms with E-state index in [1.165, 1.54) is 64.2 Å². The van der Waals surface area contributed by atoms with Crippen LogP contribution in [0.3, 0.4) is 0 Å². The monoisotopic (exact) mass is 634 g/mol. The van der Waals surface area contributed by atoms with Gasteiger partial charge in [0.2, 0.25) is 0 Å². The summed E-state index contributed by atoms with van der Waals surface area (Å²) in [4.78, 5) is 12.9. The minimum Gasteiger partial charge on any atom is -0.459 e. The summed E-state index contributed by atoms with van der Waals surface area (Å²) < 4.78 is 6.41. The minimum absolute atomic E-state index is 0.00556. The van der Waals surface area contributed by atoms with E-state index in [9.17, 15) is 4.79 Å². The third kappa shape index (κ3) is 5.35. The van der Waals surface area contributed by atoms with Crippen LogP contribution in [-0.2, 0) is 4.74 Å². The van der Waals surface area contributed by atoms with Gasteiger partial charge in [0.05, 0.1) is 5.56 Å². The van der Waals surface area contributed by atoms with Gasteiger partial charge in [-0.2, -0.15) is 0 Å². The average Bonchev–Trinajstić information content (AvgIpc) is 3.20. The maximum absolute atomic E-state index is 12.9. The topological polar surface area (TPSA) is 78.3 Å². The maximum atomic E-state index is 12.9. The van der Waals surface area contributed by atoms with Gasteiger partial charge in [-0.15, -0.1) is 0 Å². The van der Waals surface area contributed by atoms with E-state index in [2.05, 4.69) is 50.3 Å². The number of carbonyl (C=O) groups excluding carboxylic acids is 1. The van der Waals surface area contributed by atoms with E-state index in [-0.39, 0.29) is 12.1 Å². The molecule has 4 saturated carbocycles. The first-order valence-electron chi connectivity index (χ1n) is 15.6. The maximum Gasteiger partial charge on any atom is 0.338 e. The number of carbonyl (C=O) groups is 1. The highest BCUT2D eigenvalue weighted by Gasteiger charge is 2.61. The van der Waals surface area contributed by atoms with Crippen LogP contribution in [0.2, 0.25) is 0 Å². The summed E-state index contributed by atoms with van der Waals surface area (Å²) in [6.07, 6.45) is 15.8. The Morgan fingerprint density at radius 3 is 2.42 bits per heavy atom. The van der Waals surface area contributed by atoms with E-state index in [4.69, 9.17) is 16.2 Å². The first kappa shape index (κ1) is 28.5. The number of nitrogen functional groups attached to an aromatic ring is 2. The van der Waals surface area contributed by atoms with E-state index >= 15 is 0 Å². The lowest BCUT2D eigenvalue weighted by atomic mass is 9.49. The average molecular weight is 635 g/mol. The van der Waals surface area contributed by atoms with Crippen LogP contribution in [0.4, 0.5) is 11.4 Å². The van der Waals surface area contributed by atoms with E-state index in [0.29, 0.717) is 31.7 Å². The van der Waals surface area contributed by atoms with Gasteiger partial charge in [-0.05, 0) is 123 Å². The van der Waals surface area contributed by atoms with Crippen molar-refractivity contribution in [1.82, 2.24) is 0 Å². The third-order valence-electron chi connectivity index (χ3n) is 11.7. The van der Waals surface area contributed by atoms with Gasteiger partial charge in [-0.3, -0.25) is 0 Å². The molecule has 1 aromatic carbocycles. The molecule has 212 valence electrons. The van der Waals surface area contributed by atoms with E-state index < -0.39 is 0 Å². The molecule has 0 spiro atoms. The van der Waals surface area contributed by atoms with Gasteiger partial charge in [0.1, 0.15) is 6.10 Å². The molecular weight excluding hydrogens is 583 g/mol. The molecule has 9 atom stereocenters. The minimum atomic E-state index is -0.281. The SMILES string of the molecule is CC(C)CCCC(C)C1CCC2C3CCC4CC(OC(=O)c5cc(N)cc(N)c5)CCC4(I)C3CCC12C. The Morgan fingerprint density at radius 1 is 0.974 bits per heavy atom. The molecule has 4 nitrogen and oxygen atoms in total. The van der Waals surface area contributed by atoms with Crippen molar-refractivity contribution in [2.24, 2.45) is 46.8 Å². The Hall–Kier alpha value is -0.980. The van der Waals surface area contributed by atoms with Gasteiger partial charge in [0, 0.05) is 14.8 Å². The lowest BCUT2D eigenvalue weighted by Crippen LogP contribution is -2.56. The molecular formula is C33H51IN2O2. The number of ether oxygens (including phenoxy) is 1. The molecule has 0 aromatic heterocycles. The fourth-order valence-corrected chi connectivity index (χ4v) is 11.5. The smallest absolute Gasteiger partial charge is 0.338 e. The molecule has 0 heterocycles. The Labute approximate surface area is 244 Å². The second-order valence-corrected chi connectivity index (χ2v) is 16.3. The molecule has 4 aliphatic rings. The molecule has 4 fully saturated rings. The molecule has 5 rings (SSSR count). The summed E-state index contributed by atoms with van der Waals surface area (Å²) in [6, 6.07) is 5.03. The summed E-state index contributed by atoms with van der Waals surface area (Å²) in [5.41, 5.74) is 13.9. The number of halogens is 1. The summed E-state index contributed by atoms with van der Waals surface area (Å²) in [5, 5.41) is 0. The number of nitrogens with two attached hydrogens (primary N) is 2. The number of esters is 1.